The Morgan fingerprint density at radius 2 is 1.26 bits per heavy atom. The molecule has 8 rings (SSSR count). The summed E-state index contributed by atoms with van der Waals surface area (Å²) in [6, 6.07) is 17.4. The lowest BCUT2D eigenvalue weighted by molar-refractivity contribution is -0.140. The van der Waals surface area contributed by atoms with Crippen LogP contribution in [0.4, 0.5) is 39.5 Å². The summed E-state index contributed by atoms with van der Waals surface area (Å²) in [5.41, 5.74) is -3.02. The van der Waals surface area contributed by atoms with Crippen LogP contribution in [0.15, 0.2) is 116 Å². The summed E-state index contributed by atoms with van der Waals surface area (Å²) < 4.78 is 139. The van der Waals surface area contributed by atoms with Gasteiger partial charge in [0.1, 0.15) is 58.0 Å². The number of fused-ring (bicyclic) bond motifs is 2. The van der Waals surface area contributed by atoms with E-state index in [1.165, 1.54) is 73.1 Å². The summed E-state index contributed by atoms with van der Waals surface area (Å²) in [5.74, 6) is -13.3. The molecular weight excluding hydrogens is 1050 g/mol. The van der Waals surface area contributed by atoms with Gasteiger partial charge in [-0.25, -0.2) is 27.2 Å². The molecule has 0 bridgehead atoms. The Morgan fingerprint density at radius 3 is 1.84 bits per heavy atom. The number of nitrogens with one attached hydrogen (secondary N) is 2. The third-order valence-electron chi connectivity index (χ3n) is 12.1. The lowest BCUT2D eigenvalue weighted by atomic mass is 9.93. The average Bonchev–Trinajstić information content (AvgIpc) is 3.39. The van der Waals surface area contributed by atoms with Crippen molar-refractivity contribution in [2.24, 2.45) is 0 Å². The van der Waals surface area contributed by atoms with E-state index in [1.54, 1.807) is 0 Å². The van der Waals surface area contributed by atoms with Crippen LogP contribution in [0.5, 0.6) is 11.5 Å². The summed E-state index contributed by atoms with van der Waals surface area (Å²) in [7, 11) is 1.11. The van der Waals surface area contributed by atoms with E-state index in [1.807, 2.05) is 6.07 Å². The molecule has 77 heavy (non-hydrogen) atoms. The molecule has 8 aromatic rings. The van der Waals surface area contributed by atoms with E-state index < -0.39 is 107 Å². The number of hydrogen-bond donors (Lipinski definition) is 4. The molecule has 0 aliphatic carbocycles. The van der Waals surface area contributed by atoms with Gasteiger partial charge in [-0.15, -0.1) is 0 Å². The van der Waals surface area contributed by atoms with E-state index in [0.29, 0.717) is 23.3 Å². The Labute approximate surface area is 433 Å². The van der Waals surface area contributed by atoms with Gasteiger partial charge in [0.15, 0.2) is 0 Å². The largest absolute Gasteiger partial charge is 0.496 e. The fourth-order valence-electron chi connectivity index (χ4n) is 8.59. The predicted octanol–water partition coefficient (Wildman–Crippen LogP) is 11.3. The van der Waals surface area contributed by atoms with Crippen molar-refractivity contribution < 1.29 is 78.4 Å². The minimum atomic E-state index is -5.09. The van der Waals surface area contributed by atoms with Crippen molar-refractivity contribution in [3.05, 3.63) is 177 Å². The first-order chi connectivity index (χ1) is 36.6. The number of aromatic nitrogens is 2. The first-order valence-corrected chi connectivity index (χ1v) is 22.7. The van der Waals surface area contributed by atoms with Crippen molar-refractivity contribution in [3.8, 4) is 50.9 Å². The molecule has 2 aromatic heterocycles. The molecule has 0 aliphatic heterocycles. The van der Waals surface area contributed by atoms with Gasteiger partial charge in [-0.05, 0) is 71.3 Å². The zero-order valence-corrected chi connectivity index (χ0v) is 39.8. The molecular formula is C54H33ClF9N5O8. The molecule has 0 saturated heterocycles. The first-order valence-electron chi connectivity index (χ1n) is 22.3. The summed E-state index contributed by atoms with van der Waals surface area (Å²) in [6.45, 7) is -3.48. The Kier molecular flexibility index (Phi) is 15.4. The van der Waals surface area contributed by atoms with Crippen LogP contribution in [0.1, 0.15) is 43.0 Å². The van der Waals surface area contributed by atoms with E-state index in [9.17, 15) is 65.4 Å². The predicted molar refractivity (Wildman–Crippen MR) is 259 cm³/mol. The van der Waals surface area contributed by atoms with Gasteiger partial charge in [-0.2, -0.15) is 27.2 Å². The molecule has 2 amide bonds. The lowest BCUT2D eigenvalue weighted by Gasteiger charge is -2.19. The number of alkyl halides is 5. The molecule has 0 unspecified atom stereocenters. The molecule has 392 valence electrons. The highest BCUT2D eigenvalue weighted by atomic mass is 35.5. The number of nitriles is 1. The van der Waals surface area contributed by atoms with Crippen molar-refractivity contribution >= 4 is 57.2 Å². The maximum Gasteiger partial charge on any atom is 0.419 e. The highest BCUT2D eigenvalue weighted by Gasteiger charge is 2.36. The van der Waals surface area contributed by atoms with Crippen LogP contribution in [0, 0.1) is 34.6 Å². The Bertz CT molecular complexity index is 3740. The minimum Gasteiger partial charge on any atom is -0.496 e. The van der Waals surface area contributed by atoms with E-state index in [4.69, 9.17) is 16.3 Å². The number of benzene rings is 6. The number of carboxylic acids is 2. The lowest BCUT2D eigenvalue weighted by Crippen LogP contribution is -2.43. The summed E-state index contributed by atoms with van der Waals surface area (Å²) in [5, 5.41) is 34.5. The maximum atomic E-state index is 16.2. The molecule has 0 aliphatic rings. The van der Waals surface area contributed by atoms with Crippen LogP contribution < -0.4 is 20.1 Å². The minimum absolute atomic E-state index is 0.0302. The number of rotatable bonds is 16. The first kappa shape index (κ1) is 54.0. The van der Waals surface area contributed by atoms with Crippen LogP contribution in [-0.2, 0) is 28.6 Å². The summed E-state index contributed by atoms with van der Waals surface area (Å²) in [6.07, 6.45) is -3.77. The highest BCUT2D eigenvalue weighted by Crippen LogP contribution is 2.42. The molecule has 0 saturated carbocycles. The van der Waals surface area contributed by atoms with E-state index in [2.05, 4.69) is 25.3 Å². The normalized spacial score (nSPS) is 12.2. The molecule has 6 aromatic carbocycles. The van der Waals surface area contributed by atoms with Gasteiger partial charge in [-0.3, -0.25) is 19.6 Å². The summed E-state index contributed by atoms with van der Waals surface area (Å²) in [4.78, 5) is 61.0. The van der Waals surface area contributed by atoms with E-state index >= 15 is 8.78 Å². The van der Waals surface area contributed by atoms with Crippen molar-refractivity contribution in [1.82, 2.24) is 20.6 Å². The number of carbonyl (C=O) groups excluding carboxylic acids is 2. The monoisotopic (exact) mass is 1090 g/mol. The molecule has 4 N–H and O–H groups in total. The zero-order chi connectivity index (χ0) is 55.6. The quantitative estimate of drug-likeness (QED) is 0.0671. The number of nitrogens with zero attached hydrogens (tertiary/aromatic N) is 3. The summed E-state index contributed by atoms with van der Waals surface area (Å²) >= 11 is 6.57. The van der Waals surface area contributed by atoms with E-state index in [-0.39, 0.29) is 71.5 Å². The number of amides is 2. The molecule has 2 atom stereocenters. The van der Waals surface area contributed by atoms with Gasteiger partial charge in [0.2, 0.25) is 0 Å². The fraction of sp³-hybridized carbons (Fsp3) is 0.130. The molecule has 0 spiro atoms. The van der Waals surface area contributed by atoms with Crippen molar-refractivity contribution in [2.75, 3.05) is 7.11 Å². The van der Waals surface area contributed by atoms with Crippen LogP contribution in [-0.4, -0.2) is 69.7 Å². The van der Waals surface area contributed by atoms with Gasteiger partial charge in [-0.1, -0.05) is 54.1 Å². The van der Waals surface area contributed by atoms with Crippen molar-refractivity contribution in [1.29, 1.82) is 5.26 Å². The highest BCUT2D eigenvalue weighted by molar-refractivity contribution is 6.33. The van der Waals surface area contributed by atoms with Gasteiger partial charge in [0.05, 0.1) is 35.3 Å². The molecule has 0 fully saturated rings. The number of carbonyl (C=O) groups is 4. The van der Waals surface area contributed by atoms with Crippen molar-refractivity contribution in [2.45, 2.75) is 37.7 Å². The number of hydrogen-bond acceptors (Lipinski definition) is 9. The third kappa shape index (κ3) is 11.3. The van der Waals surface area contributed by atoms with Gasteiger partial charge in [0.25, 0.3) is 11.8 Å². The molecule has 23 heteroatoms. The van der Waals surface area contributed by atoms with E-state index in [0.717, 1.165) is 37.4 Å². The Morgan fingerprint density at radius 1 is 0.662 bits per heavy atom. The number of halogens is 10. The average molecular weight is 1090 g/mol. The second-order valence-electron chi connectivity index (χ2n) is 16.8. The number of pyridine rings is 2. The van der Waals surface area contributed by atoms with Gasteiger partial charge in [0, 0.05) is 74.9 Å². The van der Waals surface area contributed by atoms with Crippen LogP contribution in [0.3, 0.4) is 0 Å². The Balaban J connectivity index is 1.12. The van der Waals surface area contributed by atoms with Gasteiger partial charge < -0.3 is 30.3 Å². The standard InChI is InChI=1S/C54H33ClF9N5O8/c1-76-44-21-38(57)35(54(62,63)64)20-34(44)32-12-8-25(29-4-3-13-66-47(29)32)18-41(51(72)73)68-49(70)45-39(58)16-27(17-40(45)59)28-15-33-26(9-11-31(48(33)67-23-28)30-10-7-24(22-65)14-36(30)55)19-42(52(74)75)69-50(71)46-37(56)5-2-6-43(46)77-53(60)61/h2-17,20-21,23,41-42,53H,18-19H2,1H3,(H,68,70)(H,69,71)(H,72,73)(H,74,75)/t41-,42-/m0/s1. The number of carboxylic acid groups (broad SMARTS) is 2. The third-order valence-corrected chi connectivity index (χ3v) is 12.5. The Hall–Kier alpha value is -9.23. The number of methoxy groups -OCH3 is 1. The van der Waals surface area contributed by atoms with Crippen LogP contribution >= 0.6 is 11.6 Å². The SMILES string of the molecule is COc1cc(F)c(C(F)(F)F)cc1-c1ccc(C[C@H](NC(=O)c2c(F)cc(-c3cnc4c(-c5ccc(C#N)cc5Cl)ccc(C[C@H](NC(=O)c5c(F)cccc5OC(F)F)C(=O)O)c4c3)cc2F)C(=O)O)c2cccnc12. The van der Waals surface area contributed by atoms with Gasteiger partial charge >= 0.3 is 24.7 Å². The number of aliphatic carboxylic acids is 2. The number of ether oxygens (including phenoxy) is 2. The molecule has 2 heterocycles. The zero-order valence-electron chi connectivity index (χ0n) is 39.1. The van der Waals surface area contributed by atoms with Crippen LogP contribution in [0.25, 0.3) is 55.2 Å². The van der Waals surface area contributed by atoms with Crippen molar-refractivity contribution in [3.63, 3.8) is 0 Å². The maximum absolute atomic E-state index is 16.2. The topological polar surface area (TPSA) is 201 Å². The van der Waals surface area contributed by atoms with Crippen LogP contribution in [0.2, 0.25) is 5.02 Å². The molecule has 0 radical (unpaired) electrons. The molecule has 13 nitrogen and oxygen atoms in total. The smallest absolute Gasteiger partial charge is 0.419 e. The second-order valence-corrected chi connectivity index (χ2v) is 17.3. The fourth-order valence-corrected chi connectivity index (χ4v) is 8.87. The second kappa shape index (κ2) is 21.9.